The van der Waals surface area contributed by atoms with E-state index in [1.165, 1.54) is 0 Å². The summed E-state index contributed by atoms with van der Waals surface area (Å²) in [6.45, 7) is 13.2. The molecule has 7 nitrogen and oxygen atoms in total. The topological polar surface area (TPSA) is 76.5 Å². The van der Waals surface area contributed by atoms with E-state index in [-0.39, 0.29) is 29.7 Å². The average molecular weight is 471 g/mol. The number of nitrogens with one attached hydrogen (secondary N) is 1. The number of ether oxygens (including phenoxy) is 1. The predicted molar refractivity (Wildman–Crippen MR) is 137 cm³/mol. The van der Waals surface area contributed by atoms with E-state index in [1.807, 2.05) is 44.2 Å². The molecule has 0 saturated carbocycles. The van der Waals surface area contributed by atoms with Crippen molar-refractivity contribution in [3.8, 4) is 5.69 Å². The minimum Gasteiger partial charge on any atom is -0.383 e. The molecule has 0 bridgehead atoms. The van der Waals surface area contributed by atoms with Gasteiger partial charge in [0.05, 0.1) is 24.5 Å². The first kappa shape index (κ1) is 27.6. The summed E-state index contributed by atoms with van der Waals surface area (Å²) in [5.74, 6) is 0.292. The maximum atomic E-state index is 13.2. The van der Waals surface area contributed by atoms with Gasteiger partial charge in [0.1, 0.15) is 5.82 Å². The van der Waals surface area contributed by atoms with Gasteiger partial charge in [0, 0.05) is 31.1 Å². The Morgan fingerprint density at radius 2 is 1.85 bits per heavy atom. The van der Waals surface area contributed by atoms with Gasteiger partial charge in [0.15, 0.2) is 0 Å². The van der Waals surface area contributed by atoms with Crippen LogP contribution in [-0.4, -0.2) is 53.3 Å². The van der Waals surface area contributed by atoms with Crippen LogP contribution in [0.25, 0.3) is 5.69 Å². The summed E-state index contributed by atoms with van der Waals surface area (Å²) in [5.41, 5.74) is 2.72. The fraction of sp³-hybridized carbons (Fsp3) is 0.593. The number of hydrogen-bond donors (Lipinski definition) is 1. The quantitative estimate of drug-likeness (QED) is 0.468. The lowest BCUT2D eigenvalue weighted by atomic mass is 9.92. The highest BCUT2D eigenvalue weighted by Gasteiger charge is 2.26. The van der Waals surface area contributed by atoms with Crippen LogP contribution in [0.4, 0.5) is 5.82 Å². The summed E-state index contributed by atoms with van der Waals surface area (Å²) < 4.78 is 6.96. The van der Waals surface area contributed by atoms with Crippen molar-refractivity contribution in [1.29, 1.82) is 0 Å². The number of anilines is 1. The van der Waals surface area contributed by atoms with Crippen LogP contribution in [0.5, 0.6) is 0 Å². The molecule has 0 aliphatic carbocycles. The van der Waals surface area contributed by atoms with E-state index in [0.29, 0.717) is 19.0 Å². The predicted octanol–water partition coefficient (Wildman–Crippen LogP) is 5.11. The van der Waals surface area contributed by atoms with E-state index in [0.717, 1.165) is 42.6 Å². The van der Waals surface area contributed by atoms with E-state index >= 15 is 0 Å². The summed E-state index contributed by atoms with van der Waals surface area (Å²) in [7, 11) is 1.60. The molecule has 1 aromatic carbocycles. The van der Waals surface area contributed by atoms with Gasteiger partial charge < -0.3 is 15.0 Å². The molecule has 188 valence electrons. The molecule has 2 amide bonds. The Hall–Kier alpha value is -2.67. The number of aromatic nitrogens is 2. The molecule has 1 atom stereocenters. The number of benzene rings is 1. The van der Waals surface area contributed by atoms with Crippen LogP contribution in [0, 0.1) is 12.8 Å². The van der Waals surface area contributed by atoms with E-state index < -0.39 is 0 Å². The minimum absolute atomic E-state index is 0.0190. The van der Waals surface area contributed by atoms with Crippen molar-refractivity contribution >= 4 is 17.6 Å². The smallest absolute Gasteiger partial charge is 0.245 e. The molecule has 0 fully saturated rings. The average Bonchev–Trinajstić information content (AvgIpc) is 3.21. The van der Waals surface area contributed by atoms with Crippen LogP contribution in [0.2, 0.25) is 0 Å². The van der Waals surface area contributed by atoms with Crippen LogP contribution in [-0.2, 0) is 19.7 Å². The second-order valence-corrected chi connectivity index (χ2v) is 9.96. The molecule has 0 aliphatic heterocycles. The lowest BCUT2D eigenvalue weighted by Crippen LogP contribution is -2.43. The van der Waals surface area contributed by atoms with Crippen molar-refractivity contribution in [3.05, 3.63) is 41.6 Å². The number of methoxy groups -OCH3 is 1. The SMILES string of the molecule is CCCCC(CC)C(=O)N(CCOC)CC(=O)Nc1cc(C(C)(C)C)nn1-c1ccc(C)cc1. The van der Waals surface area contributed by atoms with Crippen molar-refractivity contribution in [2.75, 3.05) is 32.1 Å². The highest BCUT2D eigenvalue weighted by atomic mass is 16.5. The Labute approximate surface area is 204 Å². The van der Waals surface area contributed by atoms with Crippen molar-refractivity contribution in [2.45, 2.75) is 72.6 Å². The molecule has 2 rings (SSSR count). The van der Waals surface area contributed by atoms with Crippen LogP contribution in [0.1, 0.15) is 71.6 Å². The van der Waals surface area contributed by atoms with E-state index in [2.05, 4.69) is 33.0 Å². The Bertz CT molecular complexity index is 928. The third kappa shape index (κ3) is 7.69. The molecule has 1 heterocycles. The second kappa shape index (κ2) is 12.7. The standard InChI is InChI=1S/C27H42N4O3/c1-8-10-11-21(9-2)26(33)30(16-17-34-7)19-25(32)28-24-18-23(27(4,5)6)29-31(24)22-14-12-20(3)13-15-22/h12-15,18,21H,8-11,16-17,19H2,1-7H3,(H,28,32). The van der Waals surface area contributed by atoms with Gasteiger partial charge in [-0.15, -0.1) is 0 Å². The largest absolute Gasteiger partial charge is 0.383 e. The Balaban J connectivity index is 2.26. The molecule has 34 heavy (non-hydrogen) atoms. The normalized spacial score (nSPS) is 12.4. The van der Waals surface area contributed by atoms with Crippen molar-refractivity contribution in [3.63, 3.8) is 0 Å². The van der Waals surface area contributed by atoms with Crippen molar-refractivity contribution < 1.29 is 14.3 Å². The Morgan fingerprint density at radius 3 is 2.41 bits per heavy atom. The first-order chi connectivity index (χ1) is 16.1. The molecular weight excluding hydrogens is 428 g/mol. The lowest BCUT2D eigenvalue weighted by molar-refractivity contribution is -0.139. The van der Waals surface area contributed by atoms with Crippen LogP contribution in [0.15, 0.2) is 30.3 Å². The number of carbonyl (C=O) groups is 2. The zero-order chi connectivity index (χ0) is 25.3. The van der Waals surface area contributed by atoms with E-state index in [1.54, 1.807) is 16.7 Å². The van der Waals surface area contributed by atoms with Gasteiger partial charge in [-0.3, -0.25) is 9.59 Å². The molecule has 0 spiro atoms. The third-order valence-corrected chi connectivity index (χ3v) is 5.98. The van der Waals surface area contributed by atoms with Crippen LogP contribution >= 0.6 is 0 Å². The summed E-state index contributed by atoms with van der Waals surface area (Å²) in [4.78, 5) is 28.0. The van der Waals surface area contributed by atoms with Crippen molar-refractivity contribution in [1.82, 2.24) is 14.7 Å². The fourth-order valence-corrected chi connectivity index (χ4v) is 3.75. The van der Waals surface area contributed by atoms with Gasteiger partial charge in [0.25, 0.3) is 0 Å². The highest BCUT2D eigenvalue weighted by molar-refractivity contribution is 5.94. The number of nitrogens with zero attached hydrogens (tertiary/aromatic N) is 3. The maximum Gasteiger partial charge on any atom is 0.245 e. The fourth-order valence-electron chi connectivity index (χ4n) is 3.75. The van der Waals surface area contributed by atoms with Gasteiger partial charge in [-0.05, 0) is 31.9 Å². The summed E-state index contributed by atoms with van der Waals surface area (Å²) in [5, 5.41) is 7.78. The van der Waals surface area contributed by atoms with Gasteiger partial charge in [-0.25, -0.2) is 4.68 Å². The van der Waals surface area contributed by atoms with Gasteiger partial charge in [-0.2, -0.15) is 5.10 Å². The first-order valence-electron chi connectivity index (χ1n) is 12.4. The second-order valence-electron chi connectivity index (χ2n) is 9.96. The molecule has 2 aromatic rings. The number of rotatable bonds is 12. The minimum atomic E-state index is -0.247. The molecule has 1 N–H and O–H groups in total. The van der Waals surface area contributed by atoms with Gasteiger partial charge in [-0.1, -0.05) is 65.2 Å². The summed E-state index contributed by atoms with van der Waals surface area (Å²) >= 11 is 0. The third-order valence-electron chi connectivity index (χ3n) is 5.98. The molecule has 0 aliphatic rings. The number of carbonyl (C=O) groups excluding carboxylic acids is 2. The molecule has 0 saturated heterocycles. The molecule has 1 aromatic heterocycles. The monoisotopic (exact) mass is 470 g/mol. The lowest BCUT2D eigenvalue weighted by Gasteiger charge is -2.26. The van der Waals surface area contributed by atoms with E-state index in [4.69, 9.17) is 9.84 Å². The van der Waals surface area contributed by atoms with Gasteiger partial charge in [0.2, 0.25) is 11.8 Å². The number of aryl methyl sites for hydroxylation is 1. The number of unbranched alkanes of at least 4 members (excludes halogenated alkanes) is 1. The number of hydrogen-bond acceptors (Lipinski definition) is 4. The van der Waals surface area contributed by atoms with Gasteiger partial charge >= 0.3 is 0 Å². The first-order valence-corrected chi connectivity index (χ1v) is 12.4. The number of amides is 2. The zero-order valence-electron chi connectivity index (χ0n) is 22.0. The van der Waals surface area contributed by atoms with Crippen LogP contribution < -0.4 is 5.32 Å². The Morgan fingerprint density at radius 1 is 1.18 bits per heavy atom. The summed E-state index contributed by atoms with van der Waals surface area (Å²) in [6.07, 6.45) is 3.65. The van der Waals surface area contributed by atoms with Crippen LogP contribution in [0.3, 0.4) is 0 Å². The molecule has 1 unspecified atom stereocenters. The summed E-state index contributed by atoms with van der Waals surface area (Å²) in [6, 6.07) is 9.92. The van der Waals surface area contributed by atoms with E-state index in [9.17, 15) is 9.59 Å². The Kier molecular flexibility index (Phi) is 10.3. The molecular formula is C27H42N4O3. The maximum absolute atomic E-state index is 13.2. The van der Waals surface area contributed by atoms with Crippen molar-refractivity contribution in [2.24, 2.45) is 5.92 Å². The highest BCUT2D eigenvalue weighted by Crippen LogP contribution is 2.26. The molecule has 7 heteroatoms. The zero-order valence-corrected chi connectivity index (χ0v) is 22.0. The molecule has 0 radical (unpaired) electrons.